The Kier molecular flexibility index (Phi) is 8.64. The minimum atomic E-state index is -1.12. The predicted octanol–water partition coefficient (Wildman–Crippen LogP) is 3.01. The monoisotopic (exact) mass is 372 g/mol. The van der Waals surface area contributed by atoms with Crippen LogP contribution in [0.1, 0.15) is 22.8 Å². The summed E-state index contributed by atoms with van der Waals surface area (Å²) in [5.41, 5.74) is 1.29. The van der Waals surface area contributed by atoms with Crippen LogP contribution in [0, 0.1) is 0 Å². The first-order valence-electron chi connectivity index (χ1n) is 8.63. The molecule has 144 valence electrons. The summed E-state index contributed by atoms with van der Waals surface area (Å²) in [6.07, 6.45) is -1.88. The van der Waals surface area contributed by atoms with E-state index in [-0.39, 0.29) is 13.4 Å². The summed E-state index contributed by atoms with van der Waals surface area (Å²) in [6, 6.07) is 18.0. The third-order valence-electron chi connectivity index (χ3n) is 3.91. The Morgan fingerprint density at radius 2 is 1.63 bits per heavy atom. The Labute approximate surface area is 159 Å². The van der Waals surface area contributed by atoms with Crippen LogP contribution < -0.4 is 0 Å². The van der Waals surface area contributed by atoms with E-state index in [0.29, 0.717) is 11.8 Å². The first-order chi connectivity index (χ1) is 13.2. The van der Waals surface area contributed by atoms with E-state index in [1.807, 2.05) is 30.3 Å². The highest BCUT2D eigenvalue weighted by molar-refractivity contribution is 5.90. The Morgan fingerprint density at radius 3 is 2.22 bits per heavy atom. The Morgan fingerprint density at radius 1 is 1.00 bits per heavy atom. The molecule has 0 fully saturated rings. The van der Waals surface area contributed by atoms with Gasteiger partial charge in [-0.15, -0.1) is 0 Å². The third kappa shape index (κ3) is 6.60. The van der Waals surface area contributed by atoms with Gasteiger partial charge in [-0.1, -0.05) is 48.5 Å². The second-order valence-electron chi connectivity index (χ2n) is 5.91. The lowest BCUT2D eigenvalue weighted by atomic mass is 10.1. The van der Waals surface area contributed by atoms with E-state index in [9.17, 15) is 9.59 Å². The van der Waals surface area contributed by atoms with Gasteiger partial charge in [0.2, 0.25) is 0 Å². The molecule has 2 aromatic rings. The summed E-state index contributed by atoms with van der Waals surface area (Å²) in [5, 5.41) is 0. The van der Waals surface area contributed by atoms with Crippen LogP contribution in [0.5, 0.6) is 0 Å². The number of carbonyl (C=O) groups excluding carboxylic acids is 2. The molecule has 6 heteroatoms. The summed E-state index contributed by atoms with van der Waals surface area (Å²) in [6.45, 7) is 2.02. The van der Waals surface area contributed by atoms with E-state index in [0.717, 1.165) is 5.56 Å². The summed E-state index contributed by atoms with van der Waals surface area (Å²) in [5.74, 6) is -0.597. The molecule has 0 aliphatic carbocycles. The van der Waals surface area contributed by atoms with Crippen molar-refractivity contribution in [3.63, 3.8) is 0 Å². The predicted molar refractivity (Wildman–Crippen MR) is 99.2 cm³/mol. The zero-order valence-electron chi connectivity index (χ0n) is 15.4. The maximum absolute atomic E-state index is 12.3. The number of aldehydes is 1. The van der Waals surface area contributed by atoms with E-state index in [4.69, 9.17) is 18.9 Å². The molecule has 0 unspecified atom stereocenters. The lowest BCUT2D eigenvalue weighted by Gasteiger charge is -2.28. The topological polar surface area (TPSA) is 71.1 Å². The molecule has 0 saturated carbocycles. The van der Waals surface area contributed by atoms with Gasteiger partial charge in [-0.25, -0.2) is 4.79 Å². The molecule has 0 heterocycles. The van der Waals surface area contributed by atoms with Crippen LogP contribution in [0.4, 0.5) is 0 Å². The van der Waals surface area contributed by atoms with Crippen molar-refractivity contribution in [2.75, 3.05) is 13.9 Å². The lowest BCUT2D eigenvalue weighted by Crippen LogP contribution is -2.43. The van der Waals surface area contributed by atoms with Crippen LogP contribution in [-0.2, 0) is 30.3 Å². The molecule has 6 nitrogen and oxygen atoms in total. The molecule has 0 aliphatic heterocycles. The first kappa shape index (κ1) is 20.8. The Hall–Kier alpha value is -2.54. The summed E-state index contributed by atoms with van der Waals surface area (Å²) >= 11 is 0. The maximum atomic E-state index is 12.3. The third-order valence-corrected chi connectivity index (χ3v) is 3.91. The van der Waals surface area contributed by atoms with Crippen molar-refractivity contribution < 1.29 is 28.5 Å². The fourth-order valence-corrected chi connectivity index (χ4v) is 2.47. The van der Waals surface area contributed by atoms with Crippen LogP contribution in [0.2, 0.25) is 0 Å². The summed E-state index contributed by atoms with van der Waals surface area (Å²) in [7, 11) is 1.50. The van der Waals surface area contributed by atoms with Crippen molar-refractivity contribution in [3.8, 4) is 0 Å². The number of hydrogen-bond acceptors (Lipinski definition) is 6. The lowest BCUT2D eigenvalue weighted by molar-refractivity contribution is -0.160. The van der Waals surface area contributed by atoms with Crippen molar-refractivity contribution in [3.05, 3.63) is 71.8 Å². The van der Waals surface area contributed by atoms with Gasteiger partial charge in [0, 0.05) is 7.11 Å². The summed E-state index contributed by atoms with van der Waals surface area (Å²) in [4.78, 5) is 24.0. The molecule has 0 aliphatic rings. The number of carbonyl (C=O) groups is 2. The van der Waals surface area contributed by atoms with Crippen LogP contribution in [0.3, 0.4) is 0 Å². The Bertz CT molecular complexity index is 688. The van der Waals surface area contributed by atoms with Gasteiger partial charge in [0.1, 0.15) is 12.9 Å². The quantitative estimate of drug-likeness (QED) is 0.343. The smallest absolute Gasteiger partial charge is 0.338 e. The highest BCUT2D eigenvalue weighted by Gasteiger charge is 2.32. The average Bonchev–Trinajstić information content (AvgIpc) is 2.72. The maximum Gasteiger partial charge on any atom is 0.338 e. The van der Waals surface area contributed by atoms with Gasteiger partial charge in [0.25, 0.3) is 0 Å². The second-order valence-corrected chi connectivity index (χ2v) is 5.91. The molecule has 2 rings (SSSR count). The molecule has 0 amide bonds. The molecule has 0 aromatic heterocycles. The largest absolute Gasteiger partial charge is 0.448 e. The van der Waals surface area contributed by atoms with Crippen molar-refractivity contribution in [2.45, 2.75) is 31.8 Å². The van der Waals surface area contributed by atoms with Gasteiger partial charge >= 0.3 is 5.97 Å². The number of methoxy groups -OCH3 is 1. The highest BCUT2D eigenvalue weighted by Crippen LogP contribution is 2.16. The standard InChI is InChI=1S/C21H24O6/c1-16(26-15-24-2)20(25-14-17-9-5-3-6-10-17)19(13-22)27-21(23)18-11-7-4-8-12-18/h3-13,16,19-20H,14-15H2,1-2H3/t16-,19+,20-/m1/s1. The summed E-state index contributed by atoms with van der Waals surface area (Å²) < 4.78 is 21.7. The van der Waals surface area contributed by atoms with Gasteiger partial charge in [-0.05, 0) is 24.6 Å². The zero-order valence-corrected chi connectivity index (χ0v) is 15.4. The van der Waals surface area contributed by atoms with Gasteiger partial charge < -0.3 is 18.9 Å². The molecule has 3 atom stereocenters. The first-order valence-corrected chi connectivity index (χ1v) is 8.63. The molecule has 27 heavy (non-hydrogen) atoms. The molecule has 0 radical (unpaired) electrons. The van der Waals surface area contributed by atoms with Crippen LogP contribution in [0.25, 0.3) is 0 Å². The minimum Gasteiger partial charge on any atom is -0.448 e. The fourth-order valence-electron chi connectivity index (χ4n) is 2.47. The fraction of sp³-hybridized carbons (Fsp3) is 0.333. The molecule has 2 aromatic carbocycles. The van der Waals surface area contributed by atoms with E-state index in [2.05, 4.69) is 0 Å². The van der Waals surface area contributed by atoms with Gasteiger partial charge in [-0.2, -0.15) is 0 Å². The number of ether oxygens (including phenoxy) is 4. The zero-order chi connectivity index (χ0) is 19.5. The molecule has 0 bridgehead atoms. The van der Waals surface area contributed by atoms with Gasteiger partial charge in [-0.3, -0.25) is 4.79 Å². The normalized spacial score (nSPS) is 14.1. The SMILES string of the molecule is COCO[C@H](C)[C@@H](OCc1ccccc1)[C@H](C=O)OC(=O)c1ccccc1. The number of esters is 1. The van der Waals surface area contributed by atoms with Crippen LogP contribution in [-0.4, -0.2) is 44.5 Å². The van der Waals surface area contributed by atoms with Gasteiger partial charge in [0.05, 0.1) is 18.3 Å². The molecule has 0 spiro atoms. The van der Waals surface area contributed by atoms with Crippen molar-refractivity contribution in [1.82, 2.24) is 0 Å². The molecule has 0 N–H and O–H groups in total. The van der Waals surface area contributed by atoms with Crippen LogP contribution in [0.15, 0.2) is 60.7 Å². The Balaban J connectivity index is 2.10. The second kappa shape index (κ2) is 11.2. The molecular weight excluding hydrogens is 348 g/mol. The van der Waals surface area contributed by atoms with Crippen molar-refractivity contribution >= 4 is 12.3 Å². The van der Waals surface area contributed by atoms with E-state index < -0.39 is 24.3 Å². The van der Waals surface area contributed by atoms with Crippen LogP contribution >= 0.6 is 0 Å². The molecular formula is C21H24O6. The van der Waals surface area contributed by atoms with E-state index in [1.165, 1.54) is 7.11 Å². The number of benzene rings is 2. The highest BCUT2D eigenvalue weighted by atomic mass is 16.7. The van der Waals surface area contributed by atoms with Crippen molar-refractivity contribution in [2.24, 2.45) is 0 Å². The molecule has 0 saturated heterocycles. The van der Waals surface area contributed by atoms with E-state index in [1.54, 1.807) is 37.3 Å². The van der Waals surface area contributed by atoms with Gasteiger partial charge in [0.15, 0.2) is 12.4 Å². The number of hydrogen-bond donors (Lipinski definition) is 0. The average molecular weight is 372 g/mol. The number of rotatable bonds is 11. The van der Waals surface area contributed by atoms with Crippen molar-refractivity contribution in [1.29, 1.82) is 0 Å². The minimum absolute atomic E-state index is 0.0323. The van der Waals surface area contributed by atoms with E-state index >= 15 is 0 Å².